The van der Waals surface area contributed by atoms with E-state index in [9.17, 15) is 18.0 Å². The van der Waals surface area contributed by atoms with Gasteiger partial charge in [-0.1, -0.05) is 12.1 Å². The number of amides is 1. The molecule has 0 atom stereocenters. The second-order valence-electron chi connectivity index (χ2n) is 4.01. The van der Waals surface area contributed by atoms with Crippen molar-refractivity contribution in [2.45, 2.75) is 6.18 Å². The van der Waals surface area contributed by atoms with Crippen molar-refractivity contribution in [1.82, 2.24) is 4.98 Å². The van der Waals surface area contributed by atoms with E-state index in [0.717, 1.165) is 5.56 Å². The van der Waals surface area contributed by atoms with Crippen LogP contribution in [0, 0.1) is 0 Å². The van der Waals surface area contributed by atoms with Crippen LogP contribution in [0.5, 0.6) is 0 Å². The predicted molar refractivity (Wildman–Crippen MR) is 68.8 cm³/mol. The lowest BCUT2D eigenvalue weighted by atomic mass is 10.1. The van der Waals surface area contributed by atoms with Crippen LogP contribution in [0.15, 0.2) is 42.6 Å². The number of nitrogen functional groups attached to an aromatic ring is 1. The van der Waals surface area contributed by atoms with E-state index in [-0.39, 0.29) is 5.82 Å². The highest BCUT2D eigenvalue weighted by molar-refractivity contribution is 5.94. The van der Waals surface area contributed by atoms with Crippen molar-refractivity contribution >= 4 is 17.4 Å². The van der Waals surface area contributed by atoms with Crippen LogP contribution >= 0.6 is 0 Å². The van der Waals surface area contributed by atoms with Gasteiger partial charge >= 0.3 is 12.1 Å². The van der Waals surface area contributed by atoms with Crippen molar-refractivity contribution in [3.8, 4) is 11.1 Å². The summed E-state index contributed by atoms with van der Waals surface area (Å²) in [7, 11) is 0. The van der Waals surface area contributed by atoms with E-state index in [2.05, 4.69) is 4.98 Å². The summed E-state index contributed by atoms with van der Waals surface area (Å²) in [5.74, 6) is -2.22. The lowest BCUT2D eigenvalue weighted by Crippen LogP contribution is -2.30. The molecule has 2 aromatic rings. The summed E-state index contributed by atoms with van der Waals surface area (Å²) in [6, 6.07) is 9.82. The minimum Gasteiger partial charge on any atom is -0.399 e. The molecule has 0 saturated carbocycles. The quantitative estimate of drug-likeness (QED) is 0.832. The SMILES string of the molecule is Nc1cccc(-c2ccc(NC(=O)C(F)(F)F)nc2)c1. The minimum absolute atomic E-state index is 0.167. The number of hydrogen-bond donors (Lipinski definition) is 2. The topological polar surface area (TPSA) is 68.0 Å². The lowest BCUT2D eigenvalue weighted by molar-refractivity contribution is -0.167. The molecule has 1 aromatic heterocycles. The molecule has 7 heteroatoms. The fourth-order valence-electron chi connectivity index (χ4n) is 1.54. The van der Waals surface area contributed by atoms with Gasteiger partial charge in [0.2, 0.25) is 0 Å². The number of anilines is 2. The van der Waals surface area contributed by atoms with Crippen LogP contribution in [0.3, 0.4) is 0 Å². The van der Waals surface area contributed by atoms with Crippen molar-refractivity contribution in [3.05, 3.63) is 42.6 Å². The summed E-state index contributed by atoms with van der Waals surface area (Å²) < 4.78 is 36.2. The van der Waals surface area contributed by atoms with Gasteiger partial charge in [-0.2, -0.15) is 13.2 Å². The number of halogens is 3. The Labute approximate surface area is 112 Å². The van der Waals surface area contributed by atoms with Crippen LogP contribution in [-0.2, 0) is 4.79 Å². The number of carbonyl (C=O) groups is 1. The first-order chi connectivity index (χ1) is 9.36. The van der Waals surface area contributed by atoms with Gasteiger partial charge in [-0.15, -0.1) is 0 Å². The number of rotatable bonds is 2. The van der Waals surface area contributed by atoms with Gasteiger partial charge in [0.1, 0.15) is 5.82 Å². The number of nitrogens with one attached hydrogen (secondary N) is 1. The summed E-state index contributed by atoms with van der Waals surface area (Å²) in [5, 5.41) is 1.67. The molecule has 4 nitrogen and oxygen atoms in total. The average Bonchev–Trinajstić information content (AvgIpc) is 2.38. The maximum Gasteiger partial charge on any atom is 0.471 e. The zero-order valence-electron chi connectivity index (χ0n) is 10.1. The molecule has 1 heterocycles. The average molecular weight is 281 g/mol. The van der Waals surface area contributed by atoms with Crippen molar-refractivity contribution in [2.75, 3.05) is 11.1 Å². The van der Waals surface area contributed by atoms with E-state index >= 15 is 0 Å². The first kappa shape index (κ1) is 13.9. The fourth-order valence-corrected chi connectivity index (χ4v) is 1.54. The Hall–Kier alpha value is -2.57. The number of hydrogen-bond acceptors (Lipinski definition) is 3. The molecule has 0 saturated heterocycles. The highest BCUT2D eigenvalue weighted by Gasteiger charge is 2.38. The van der Waals surface area contributed by atoms with Gasteiger partial charge in [-0.25, -0.2) is 4.98 Å². The number of nitrogens with two attached hydrogens (primary N) is 1. The molecule has 0 aliphatic rings. The number of benzene rings is 1. The zero-order valence-corrected chi connectivity index (χ0v) is 10.1. The van der Waals surface area contributed by atoms with Crippen LogP contribution in [0.25, 0.3) is 11.1 Å². The largest absolute Gasteiger partial charge is 0.471 e. The molecule has 0 radical (unpaired) electrons. The Kier molecular flexibility index (Phi) is 3.60. The maximum atomic E-state index is 12.1. The Balaban J connectivity index is 2.17. The molecule has 104 valence electrons. The molecule has 0 unspecified atom stereocenters. The van der Waals surface area contributed by atoms with Gasteiger partial charge in [0.15, 0.2) is 0 Å². The third-order valence-corrected chi connectivity index (χ3v) is 2.48. The Bertz CT molecular complexity index is 624. The summed E-state index contributed by atoms with van der Waals surface area (Å²) in [5.41, 5.74) is 7.67. The van der Waals surface area contributed by atoms with Crippen molar-refractivity contribution in [3.63, 3.8) is 0 Å². The van der Waals surface area contributed by atoms with Crippen LogP contribution < -0.4 is 11.1 Å². The van der Waals surface area contributed by atoms with Gasteiger partial charge in [-0.05, 0) is 29.8 Å². The fraction of sp³-hybridized carbons (Fsp3) is 0.0769. The first-order valence-corrected chi connectivity index (χ1v) is 5.56. The van der Waals surface area contributed by atoms with E-state index in [4.69, 9.17) is 5.73 Å². The molecule has 0 bridgehead atoms. The molecule has 1 amide bonds. The van der Waals surface area contributed by atoms with Crippen LogP contribution in [0.2, 0.25) is 0 Å². The predicted octanol–water partition coefficient (Wildman–Crippen LogP) is 2.83. The lowest BCUT2D eigenvalue weighted by Gasteiger charge is -2.08. The zero-order chi connectivity index (χ0) is 14.8. The van der Waals surface area contributed by atoms with Gasteiger partial charge in [-0.3, -0.25) is 4.79 Å². The minimum atomic E-state index is -4.94. The second-order valence-corrected chi connectivity index (χ2v) is 4.01. The molecule has 3 N–H and O–H groups in total. The standard InChI is InChI=1S/C13H10F3N3O/c14-13(15,16)12(20)19-11-5-4-9(7-18-11)8-2-1-3-10(17)6-8/h1-7H,17H2,(H,18,19,20). The van der Waals surface area contributed by atoms with E-state index < -0.39 is 12.1 Å². The number of aromatic nitrogens is 1. The summed E-state index contributed by atoms with van der Waals surface area (Å²) >= 11 is 0. The number of pyridine rings is 1. The summed E-state index contributed by atoms with van der Waals surface area (Å²) in [4.78, 5) is 14.5. The molecule has 0 aliphatic carbocycles. The van der Waals surface area contributed by atoms with Gasteiger partial charge < -0.3 is 11.1 Å². The van der Waals surface area contributed by atoms with E-state index in [1.54, 1.807) is 35.6 Å². The summed E-state index contributed by atoms with van der Waals surface area (Å²) in [6.07, 6.45) is -3.57. The van der Waals surface area contributed by atoms with Crippen LogP contribution in [-0.4, -0.2) is 17.1 Å². The molecular weight excluding hydrogens is 271 g/mol. The second kappa shape index (κ2) is 5.20. The number of alkyl halides is 3. The van der Waals surface area contributed by atoms with Crippen LogP contribution in [0.1, 0.15) is 0 Å². The normalized spacial score (nSPS) is 11.2. The van der Waals surface area contributed by atoms with Gasteiger partial charge in [0.25, 0.3) is 0 Å². The highest BCUT2D eigenvalue weighted by Crippen LogP contribution is 2.22. The van der Waals surface area contributed by atoms with Crippen molar-refractivity contribution in [1.29, 1.82) is 0 Å². The van der Waals surface area contributed by atoms with E-state index in [1.807, 2.05) is 0 Å². The third kappa shape index (κ3) is 3.25. The Morgan fingerprint density at radius 1 is 1.15 bits per heavy atom. The molecule has 0 spiro atoms. The molecular formula is C13H10F3N3O. The summed E-state index contributed by atoms with van der Waals surface area (Å²) in [6.45, 7) is 0. The van der Waals surface area contributed by atoms with E-state index in [0.29, 0.717) is 11.3 Å². The van der Waals surface area contributed by atoms with Gasteiger partial charge in [0, 0.05) is 17.4 Å². The molecule has 0 aliphatic heterocycles. The smallest absolute Gasteiger partial charge is 0.399 e. The molecule has 1 aromatic carbocycles. The monoisotopic (exact) mass is 281 g/mol. The van der Waals surface area contributed by atoms with E-state index in [1.165, 1.54) is 12.3 Å². The molecule has 20 heavy (non-hydrogen) atoms. The Morgan fingerprint density at radius 2 is 1.90 bits per heavy atom. The van der Waals surface area contributed by atoms with Crippen molar-refractivity contribution in [2.24, 2.45) is 0 Å². The Morgan fingerprint density at radius 3 is 2.45 bits per heavy atom. The van der Waals surface area contributed by atoms with Crippen molar-refractivity contribution < 1.29 is 18.0 Å². The number of nitrogens with zero attached hydrogens (tertiary/aromatic N) is 1. The number of carbonyl (C=O) groups excluding carboxylic acids is 1. The third-order valence-electron chi connectivity index (χ3n) is 2.48. The van der Waals surface area contributed by atoms with Gasteiger partial charge in [0.05, 0.1) is 0 Å². The van der Waals surface area contributed by atoms with Crippen LogP contribution in [0.4, 0.5) is 24.7 Å². The molecule has 2 rings (SSSR count). The molecule has 0 fully saturated rings. The highest BCUT2D eigenvalue weighted by atomic mass is 19.4. The first-order valence-electron chi connectivity index (χ1n) is 5.56. The maximum absolute atomic E-state index is 12.1.